The number of carbonyl (C=O) groups excluding carboxylic acids is 1. The third kappa shape index (κ3) is 2.32. The van der Waals surface area contributed by atoms with E-state index in [9.17, 15) is 4.79 Å². The molecule has 0 spiro atoms. The summed E-state index contributed by atoms with van der Waals surface area (Å²) in [4.78, 5) is 21.8. The first-order valence-corrected chi connectivity index (χ1v) is 9.06. The highest BCUT2D eigenvalue weighted by molar-refractivity contribution is 7.12. The van der Waals surface area contributed by atoms with Gasteiger partial charge in [0.05, 0.1) is 17.3 Å². The summed E-state index contributed by atoms with van der Waals surface area (Å²) in [6.07, 6.45) is 4.12. The standard InChI is InChI=1S/C17H17ClN4OS/c1-9-11(3)24-14-4-5-21(10(2)16(9)14)17(23)13-6-15-19-7-12(18)8-22(15)20-13/h6-8,10H,4-5H2,1-3H3. The van der Waals surface area contributed by atoms with E-state index in [0.717, 1.165) is 6.42 Å². The minimum absolute atomic E-state index is 0.0574. The highest BCUT2D eigenvalue weighted by Crippen LogP contribution is 2.39. The molecule has 7 heteroatoms. The largest absolute Gasteiger partial charge is 0.330 e. The molecule has 24 heavy (non-hydrogen) atoms. The molecule has 4 heterocycles. The Bertz CT molecular complexity index is 961. The van der Waals surface area contributed by atoms with Gasteiger partial charge >= 0.3 is 0 Å². The Hall–Kier alpha value is -1.92. The van der Waals surface area contributed by atoms with Crippen molar-refractivity contribution in [3.8, 4) is 0 Å². The molecular weight excluding hydrogens is 344 g/mol. The zero-order valence-corrected chi connectivity index (χ0v) is 15.3. The molecular formula is C17H17ClN4OS. The topological polar surface area (TPSA) is 50.5 Å². The second kappa shape index (κ2) is 5.57. The van der Waals surface area contributed by atoms with Crippen molar-refractivity contribution in [2.75, 3.05) is 6.54 Å². The van der Waals surface area contributed by atoms with Crippen LogP contribution in [0.1, 0.15) is 44.3 Å². The van der Waals surface area contributed by atoms with Gasteiger partial charge in [-0.05, 0) is 38.3 Å². The fourth-order valence-electron chi connectivity index (χ4n) is 3.40. The molecule has 3 aromatic rings. The molecule has 3 aromatic heterocycles. The molecule has 0 aliphatic carbocycles. The predicted octanol–water partition coefficient (Wildman–Crippen LogP) is 3.82. The Morgan fingerprint density at radius 2 is 2.21 bits per heavy atom. The lowest BCUT2D eigenvalue weighted by molar-refractivity contribution is 0.0672. The Labute approximate surface area is 148 Å². The van der Waals surface area contributed by atoms with Gasteiger partial charge in [-0.3, -0.25) is 4.79 Å². The zero-order valence-electron chi connectivity index (χ0n) is 13.7. The lowest BCUT2D eigenvalue weighted by Crippen LogP contribution is -2.38. The SMILES string of the molecule is Cc1sc2c(c1C)C(C)N(C(=O)c1cc3ncc(Cl)cn3n1)CC2. The fourth-order valence-corrected chi connectivity index (χ4v) is 4.80. The summed E-state index contributed by atoms with van der Waals surface area (Å²) in [5, 5.41) is 4.84. The summed E-state index contributed by atoms with van der Waals surface area (Å²) in [6, 6.07) is 1.78. The number of carbonyl (C=O) groups is 1. The number of hydrogen-bond donors (Lipinski definition) is 0. The number of aryl methyl sites for hydroxylation is 1. The molecule has 1 amide bonds. The molecule has 0 radical (unpaired) electrons. The van der Waals surface area contributed by atoms with Crippen molar-refractivity contribution < 1.29 is 4.79 Å². The Morgan fingerprint density at radius 1 is 1.42 bits per heavy atom. The van der Waals surface area contributed by atoms with Gasteiger partial charge in [-0.25, -0.2) is 9.50 Å². The number of hydrogen-bond acceptors (Lipinski definition) is 4. The molecule has 0 fully saturated rings. The minimum atomic E-state index is -0.0574. The van der Waals surface area contributed by atoms with E-state index in [4.69, 9.17) is 11.6 Å². The van der Waals surface area contributed by atoms with Gasteiger partial charge in [0.1, 0.15) is 0 Å². The van der Waals surface area contributed by atoms with Crippen molar-refractivity contribution in [3.63, 3.8) is 0 Å². The quantitative estimate of drug-likeness (QED) is 0.662. The third-order valence-electron chi connectivity index (χ3n) is 4.74. The van der Waals surface area contributed by atoms with Crippen molar-refractivity contribution in [1.29, 1.82) is 0 Å². The van der Waals surface area contributed by atoms with Crippen molar-refractivity contribution >= 4 is 34.5 Å². The number of halogens is 1. The maximum absolute atomic E-state index is 13.0. The van der Waals surface area contributed by atoms with Crippen molar-refractivity contribution in [2.24, 2.45) is 0 Å². The summed E-state index contributed by atoms with van der Waals surface area (Å²) in [5.41, 5.74) is 3.64. The van der Waals surface area contributed by atoms with Crippen LogP contribution in [0.15, 0.2) is 18.5 Å². The Morgan fingerprint density at radius 3 is 3.00 bits per heavy atom. The minimum Gasteiger partial charge on any atom is -0.330 e. The zero-order chi connectivity index (χ0) is 17.0. The lowest BCUT2D eigenvalue weighted by atomic mass is 9.96. The van der Waals surface area contributed by atoms with Crippen LogP contribution in [0.4, 0.5) is 0 Å². The number of thiophene rings is 1. The monoisotopic (exact) mass is 360 g/mol. The summed E-state index contributed by atoms with van der Waals surface area (Å²) in [5.74, 6) is -0.0574. The number of nitrogens with zero attached hydrogens (tertiary/aromatic N) is 4. The van der Waals surface area contributed by atoms with Crippen LogP contribution in [0, 0.1) is 13.8 Å². The van der Waals surface area contributed by atoms with Crippen LogP contribution in [0.2, 0.25) is 5.02 Å². The van der Waals surface area contributed by atoms with Crippen LogP contribution in [-0.2, 0) is 6.42 Å². The molecule has 1 aliphatic heterocycles. The molecule has 1 atom stereocenters. The molecule has 1 unspecified atom stereocenters. The highest BCUT2D eigenvalue weighted by atomic mass is 35.5. The first kappa shape index (κ1) is 15.6. The number of rotatable bonds is 1. The van der Waals surface area contributed by atoms with Crippen molar-refractivity contribution in [1.82, 2.24) is 19.5 Å². The van der Waals surface area contributed by atoms with Crippen LogP contribution in [0.5, 0.6) is 0 Å². The molecule has 4 rings (SSSR count). The first-order valence-electron chi connectivity index (χ1n) is 7.86. The van der Waals surface area contributed by atoms with Crippen LogP contribution in [0.3, 0.4) is 0 Å². The number of amides is 1. The van der Waals surface area contributed by atoms with Gasteiger partial charge in [-0.1, -0.05) is 11.6 Å². The fraction of sp³-hybridized carbons (Fsp3) is 0.353. The maximum atomic E-state index is 13.0. The van der Waals surface area contributed by atoms with E-state index in [0.29, 0.717) is 22.9 Å². The predicted molar refractivity (Wildman–Crippen MR) is 94.9 cm³/mol. The van der Waals surface area contributed by atoms with E-state index in [-0.39, 0.29) is 11.9 Å². The molecule has 1 aliphatic rings. The molecule has 5 nitrogen and oxygen atoms in total. The van der Waals surface area contributed by atoms with Gasteiger partial charge in [-0.15, -0.1) is 11.3 Å². The van der Waals surface area contributed by atoms with E-state index in [1.165, 1.54) is 20.9 Å². The molecule has 0 N–H and O–H groups in total. The summed E-state index contributed by atoms with van der Waals surface area (Å²) >= 11 is 7.79. The third-order valence-corrected chi connectivity index (χ3v) is 6.21. The molecule has 0 aromatic carbocycles. The van der Waals surface area contributed by atoms with E-state index >= 15 is 0 Å². The van der Waals surface area contributed by atoms with Crippen LogP contribution in [0.25, 0.3) is 5.65 Å². The Balaban J connectivity index is 1.70. The van der Waals surface area contributed by atoms with Gasteiger partial charge in [-0.2, -0.15) is 5.10 Å². The normalized spacial score (nSPS) is 17.3. The lowest BCUT2D eigenvalue weighted by Gasteiger charge is -2.33. The van der Waals surface area contributed by atoms with E-state index in [2.05, 4.69) is 30.9 Å². The molecule has 124 valence electrons. The second-order valence-electron chi connectivity index (χ2n) is 6.15. The van der Waals surface area contributed by atoms with Crippen LogP contribution in [-0.4, -0.2) is 31.9 Å². The molecule has 0 bridgehead atoms. The van der Waals surface area contributed by atoms with Crippen LogP contribution >= 0.6 is 22.9 Å². The summed E-state index contributed by atoms with van der Waals surface area (Å²) < 4.78 is 1.55. The maximum Gasteiger partial charge on any atom is 0.274 e. The van der Waals surface area contributed by atoms with Crippen molar-refractivity contribution in [3.05, 3.63) is 50.1 Å². The number of fused-ring (bicyclic) bond motifs is 2. The summed E-state index contributed by atoms with van der Waals surface area (Å²) in [6.45, 7) is 7.11. The first-order chi connectivity index (χ1) is 11.5. The number of aromatic nitrogens is 3. The average Bonchev–Trinajstić information content (AvgIpc) is 3.09. The molecule has 0 saturated heterocycles. The van der Waals surface area contributed by atoms with E-state index in [1.54, 1.807) is 23.0 Å². The highest BCUT2D eigenvalue weighted by Gasteiger charge is 2.32. The van der Waals surface area contributed by atoms with Gasteiger partial charge < -0.3 is 4.90 Å². The molecule has 0 saturated carbocycles. The van der Waals surface area contributed by atoms with Gasteiger partial charge in [0, 0.05) is 28.6 Å². The Kier molecular flexibility index (Phi) is 3.62. The van der Waals surface area contributed by atoms with Crippen LogP contribution < -0.4 is 0 Å². The van der Waals surface area contributed by atoms with Gasteiger partial charge in [0.25, 0.3) is 5.91 Å². The van der Waals surface area contributed by atoms with E-state index < -0.39 is 0 Å². The second-order valence-corrected chi connectivity index (χ2v) is 7.89. The summed E-state index contributed by atoms with van der Waals surface area (Å²) in [7, 11) is 0. The average molecular weight is 361 g/mol. The van der Waals surface area contributed by atoms with Gasteiger partial charge in [0.15, 0.2) is 11.3 Å². The van der Waals surface area contributed by atoms with E-state index in [1.807, 2.05) is 16.2 Å². The smallest absolute Gasteiger partial charge is 0.274 e. The van der Waals surface area contributed by atoms with Crippen molar-refractivity contribution in [2.45, 2.75) is 33.2 Å². The van der Waals surface area contributed by atoms with Gasteiger partial charge in [0.2, 0.25) is 0 Å².